The van der Waals surface area contributed by atoms with Crippen molar-refractivity contribution in [1.82, 2.24) is 14.8 Å². The number of hydrogen-bond donors (Lipinski definition) is 1. The Bertz CT molecular complexity index is 719. The van der Waals surface area contributed by atoms with Crippen LogP contribution in [0.3, 0.4) is 0 Å². The lowest BCUT2D eigenvalue weighted by molar-refractivity contribution is 0.456. The van der Waals surface area contributed by atoms with Crippen molar-refractivity contribution in [3.05, 3.63) is 58.9 Å². The second kappa shape index (κ2) is 8.45. The van der Waals surface area contributed by atoms with E-state index in [0.717, 1.165) is 24.1 Å². The zero-order chi connectivity index (χ0) is 17.2. The molecule has 2 aromatic rings. The molecule has 1 aromatic heterocycles. The van der Waals surface area contributed by atoms with Gasteiger partial charge < -0.3 is 14.8 Å². The van der Waals surface area contributed by atoms with E-state index in [2.05, 4.69) is 64.3 Å². The minimum atomic E-state index is 0. The first-order valence-corrected chi connectivity index (χ1v) is 8.70. The van der Waals surface area contributed by atoms with Gasteiger partial charge in [-0.1, -0.05) is 23.7 Å². The standard InChI is InChI=1S/C19H25ClN4.HI/c1-21-18(24(3)13-17-5-4-12-23(17)2)22-14-19(10-11-19)15-6-8-16(20)9-7-15;/h4-9,12H,10-11,13-14H2,1-3H3,(H,21,22);1H. The molecule has 136 valence electrons. The van der Waals surface area contributed by atoms with Crippen LogP contribution in [0.2, 0.25) is 5.02 Å². The molecule has 1 heterocycles. The van der Waals surface area contributed by atoms with Crippen molar-refractivity contribution in [1.29, 1.82) is 0 Å². The highest BCUT2D eigenvalue weighted by Crippen LogP contribution is 2.47. The monoisotopic (exact) mass is 472 g/mol. The summed E-state index contributed by atoms with van der Waals surface area (Å²) in [5.41, 5.74) is 2.85. The minimum Gasteiger partial charge on any atom is -0.355 e. The number of benzene rings is 1. The van der Waals surface area contributed by atoms with Crippen molar-refractivity contribution in [3.63, 3.8) is 0 Å². The third-order valence-corrected chi connectivity index (χ3v) is 5.17. The molecule has 0 radical (unpaired) electrons. The number of nitrogens with one attached hydrogen (secondary N) is 1. The topological polar surface area (TPSA) is 32.6 Å². The first kappa shape index (κ1) is 20.1. The average Bonchev–Trinajstić information content (AvgIpc) is 3.26. The highest BCUT2D eigenvalue weighted by atomic mass is 127. The second-order valence-corrected chi connectivity index (χ2v) is 7.09. The van der Waals surface area contributed by atoms with Crippen LogP contribution < -0.4 is 5.32 Å². The summed E-state index contributed by atoms with van der Waals surface area (Å²) in [4.78, 5) is 6.60. The lowest BCUT2D eigenvalue weighted by Gasteiger charge is -2.25. The van der Waals surface area contributed by atoms with E-state index in [1.807, 2.05) is 19.2 Å². The molecule has 0 amide bonds. The van der Waals surface area contributed by atoms with Crippen LogP contribution in [0.4, 0.5) is 0 Å². The van der Waals surface area contributed by atoms with Crippen molar-refractivity contribution in [2.45, 2.75) is 24.8 Å². The highest BCUT2D eigenvalue weighted by Gasteiger charge is 2.44. The predicted octanol–water partition coefficient (Wildman–Crippen LogP) is 4.04. The Balaban J connectivity index is 0.00000225. The van der Waals surface area contributed by atoms with E-state index in [4.69, 9.17) is 11.6 Å². The quantitative estimate of drug-likeness (QED) is 0.405. The molecule has 1 fully saturated rings. The molecule has 0 bridgehead atoms. The van der Waals surface area contributed by atoms with Crippen LogP contribution in [0.15, 0.2) is 47.6 Å². The van der Waals surface area contributed by atoms with Crippen molar-refractivity contribution >= 4 is 41.5 Å². The van der Waals surface area contributed by atoms with Gasteiger partial charge in [0.1, 0.15) is 0 Å². The summed E-state index contributed by atoms with van der Waals surface area (Å²) in [6, 6.07) is 12.5. The molecule has 1 saturated carbocycles. The summed E-state index contributed by atoms with van der Waals surface area (Å²) in [5.74, 6) is 0.927. The Morgan fingerprint density at radius 3 is 2.48 bits per heavy atom. The second-order valence-electron chi connectivity index (χ2n) is 6.65. The van der Waals surface area contributed by atoms with Gasteiger partial charge in [-0.2, -0.15) is 0 Å². The van der Waals surface area contributed by atoms with E-state index >= 15 is 0 Å². The largest absolute Gasteiger partial charge is 0.355 e. The fourth-order valence-electron chi connectivity index (χ4n) is 3.13. The summed E-state index contributed by atoms with van der Waals surface area (Å²) < 4.78 is 2.14. The molecule has 0 unspecified atom stereocenters. The van der Waals surface area contributed by atoms with Crippen LogP contribution in [-0.4, -0.2) is 36.1 Å². The molecular formula is C19H26ClIN4. The molecule has 3 rings (SSSR count). The van der Waals surface area contributed by atoms with Crippen LogP contribution in [0.1, 0.15) is 24.1 Å². The molecule has 1 aliphatic rings. The normalized spacial score (nSPS) is 15.4. The number of guanidine groups is 1. The van der Waals surface area contributed by atoms with Gasteiger partial charge in [-0.15, -0.1) is 24.0 Å². The van der Waals surface area contributed by atoms with E-state index in [1.165, 1.54) is 24.1 Å². The number of rotatable bonds is 5. The smallest absolute Gasteiger partial charge is 0.193 e. The SMILES string of the molecule is CN=C(NCC1(c2ccc(Cl)cc2)CC1)N(C)Cc1cccn1C.I. The molecular weight excluding hydrogens is 447 g/mol. The van der Waals surface area contributed by atoms with Crippen molar-refractivity contribution in [3.8, 4) is 0 Å². The molecule has 1 aromatic carbocycles. The van der Waals surface area contributed by atoms with Gasteiger partial charge in [0.15, 0.2) is 5.96 Å². The molecule has 0 saturated heterocycles. The van der Waals surface area contributed by atoms with Crippen LogP contribution in [0.25, 0.3) is 0 Å². The van der Waals surface area contributed by atoms with E-state index in [9.17, 15) is 0 Å². The van der Waals surface area contributed by atoms with Crippen molar-refractivity contribution in [2.75, 3.05) is 20.6 Å². The van der Waals surface area contributed by atoms with Gasteiger partial charge in [0.2, 0.25) is 0 Å². The minimum absolute atomic E-state index is 0. The number of nitrogens with zero attached hydrogens (tertiary/aromatic N) is 3. The van der Waals surface area contributed by atoms with E-state index in [1.54, 1.807) is 0 Å². The molecule has 0 aliphatic heterocycles. The molecule has 4 nitrogen and oxygen atoms in total. The van der Waals surface area contributed by atoms with Gasteiger partial charge in [-0.3, -0.25) is 4.99 Å². The highest BCUT2D eigenvalue weighted by molar-refractivity contribution is 14.0. The van der Waals surface area contributed by atoms with E-state index in [-0.39, 0.29) is 29.4 Å². The van der Waals surface area contributed by atoms with Gasteiger partial charge in [0.25, 0.3) is 0 Å². The van der Waals surface area contributed by atoms with Crippen LogP contribution in [-0.2, 0) is 19.0 Å². The van der Waals surface area contributed by atoms with Crippen LogP contribution in [0, 0.1) is 0 Å². The van der Waals surface area contributed by atoms with Gasteiger partial charge >= 0.3 is 0 Å². The Morgan fingerprint density at radius 1 is 1.28 bits per heavy atom. The summed E-state index contributed by atoms with van der Waals surface area (Å²) in [7, 11) is 5.98. The van der Waals surface area contributed by atoms with Crippen LogP contribution in [0.5, 0.6) is 0 Å². The predicted molar refractivity (Wildman–Crippen MR) is 116 cm³/mol. The van der Waals surface area contributed by atoms with Gasteiger partial charge in [0.05, 0.1) is 6.54 Å². The fraction of sp³-hybridized carbons (Fsp3) is 0.421. The van der Waals surface area contributed by atoms with Gasteiger partial charge in [0, 0.05) is 50.0 Å². The number of hydrogen-bond acceptors (Lipinski definition) is 1. The zero-order valence-electron chi connectivity index (χ0n) is 15.0. The summed E-state index contributed by atoms with van der Waals surface area (Å²) >= 11 is 6.01. The molecule has 0 atom stereocenters. The maximum absolute atomic E-state index is 6.01. The average molecular weight is 473 g/mol. The maximum atomic E-state index is 6.01. The lowest BCUT2D eigenvalue weighted by Crippen LogP contribution is -2.42. The fourth-order valence-corrected chi connectivity index (χ4v) is 3.26. The van der Waals surface area contributed by atoms with Gasteiger partial charge in [-0.05, 0) is 42.7 Å². The molecule has 25 heavy (non-hydrogen) atoms. The summed E-state index contributed by atoms with van der Waals surface area (Å²) in [6.07, 6.45) is 4.49. The van der Waals surface area contributed by atoms with Crippen molar-refractivity contribution < 1.29 is 0 Å². The first-order valence-electron chi connectivity index (χ1n) is 8.32. The first-order chi connectivity index (χ1) is 11.5. The Morgan fingerprint density at radius 2 is 1.96 bits per heavy atom. The van der Waals surface area contributed by atoms with E-state index in [0.29, 0.717) is 0 Å². The molecule has 6 heteroatoms. The summed E-state index contributed by atoms with van der Waals surface area (Å²) in [5, 5.41) is 4.34. The van der Waals surface area contributed by atoms with Crippen LogP contribution >= 0.6 is 35.6 Å². The lowest BCUT2D eigenvalue weighted by atomic mass is 9.96. The Hall–Kier alpha value is -1.21. The number of halogens is 2. The Kier molecular flexibility index (Phi) is 6.79. The summed E-state index contributed by atoms with van der Waals surface area (Å²) in [6.45, 7) is 1.73. The molecule has 1 N–H and O–H groups in total. The Labute approximate surface area is 172 Å². The maximum Gasteiger partial charge on any atom is 0.193 e. The number of aromatic nitrogens is 1. The third kappa shape index (κ3) is 4.70. The van der Waals surface area contributed by atoms with E-state index < -0.39 is 0 Å². The third-order valence-electron chi connectivity index (χ3n) is 4.92. The molecule has 0 spiro atoms. The number of aryl methyl sites for hydroxylation is 1. The zero-order valence-corrected chi connectivity index (χ0v) is 18.1. The van der Waals surface area contributed by atoms with Crippen molar-refractivity contribution in [2.24, 2.45) is 12.0 Å². The number of aliphatic imine (C=N–C) groups is 1. The van der Waals surface area contributed by atoms with Gasteiger partial charge in [-0.25, -0.2) is 0 Å². The molecule has 1 aliphatic carbocycles.